The molecule has 0 spiro atoms. The van der Waals surface area contributed by atoms with Gasteiger partial charge in [-0.25, -0.2) is 4.79 Å². The van der Waals surface area contributed by atoms with Crippen molar-refractivity contribution in [1.29, 1.82) is 0 Å². The molecular formula is C31H30F3NO6. The van der Waals surface area contributed by atoms with Crippen LogP contribution in [0.5, 0.6) is 17.2 Å². The second-order valence-corrected chi connectivity index (χ2v) is 10.1. The van der Waals surface area contributed by atoms with Crippen LogP contribution < -0.4 is 14.2 Å². The summed E-state index contributed by atoms with van der Waals surface area (Å²) in [5.41, 5.74) is 2.52. The molecule has 0 aromatic heterocycles. The molecule has 1 heterocycles. The van der Waals surface area contributed by atoms with E-state index in [0.29, 0.717) is 11.5 Å². The fourth-order valence-corrected chi connectivity index (χ4v) is 5.24. The average molecular weight is 570 g/mol. The lowest BCUT2D eigenvalue weighted by atomic mass is 9.92. The van der Waals surface area contributed by atoms with Crippen molar-refractivity contribution in [1.82, 2.24) is 4.90 Å². The highest BCUT2D eigenvalue weighted by atomic mass is 19.4. The number of ether oxygens (including phenoxy) is 4. The molecule has 5 rings (SSSR count). The summed E-state index contributed by atoms with van der Waals surface area (Å²) in [5.74, 6) is -0.436. The fraction of sp³-hybridized carbons (Fsp3) is 0.355. The minimum Gasteiger partial charge on any atom is -0.493 e. The van der Waals surface area contributed by atoms with Crippen LogP contribution in [0.1, 0.15) is 52.7 Å². The Hall–Kier alpha value is -4.21. The molecule has 3 aromatic rings. The summed E-state index contributed by atoms with van der Waals surface area (Å²) in [4.78, 5) is 28.4. The second kappa shape index (κ2) is 12.1. The molecular weight excluding hydrogens is 539 g/mol. The van der Waals surface area contributed by atoms with Crippen LogP contribution in [0.15, 0.2) is 66.7 Å². The molecule has 2 aliphatic rings. The Labute approximate surface area is 235 Å². The SMILES string of the molecule is COc1cc2c(cc1OC1CCCC1)CN(C(=O)c1ccc(OC(F)(F)F)cc1)C(C(=O)OCc1ccccc1)C2. The number of carbonyl (C=O) groups excluding carboxylic acids is 2. The molecule has 7 nitrogen and oxygen atoms in total. The van der Waals surface area contributed by atoms with Crippen LogP contribution in [0.3, 0.4) is 0 Å². The Morgan fingerprint density at radius 3 is 2.27 bits per heavy atom. The number of methoxy groups -OCH3 is 1. The fourth-order valence-electron chi connectivity index (χ4n) is 5.24. The normalized spacial score (nSPS) is 17.1. The van der Waals surface area contributed by atoms with Crippen molar-refractivity contribution in [2.75, 3.05) is 7.11 Å². The van der Waals surface area contributed by atoms with E-state index < -0.39 is 30.0 Å². The predicted molar refractivity (Wildman–Crippen MR) is 143 cm³/mol. The van der Waals surface area contributed by atoms with Gasteiger partial charge in [-0.2, -0.15) is 0 Å². The Morgan fingerprint density at radius 2 is 1.61 bits per heavy atom. The zero-order chi connectivity index (χ0) is 29.0. The molecule has 1 fully saturated rings. The van der Waals surface area contributed by atoms with Crippen LogP contribution in [0.25, 0.3) is 0 Å². The summed E-state index contributed by atoms with van der Waals surface area (Å²) in [6, 6.07) is 16.5. The van der Waals surface area contributed by atoms with E-state index in [9.17, 15) is 22.8 Å². The van der Waals surface area contributed by atoms with Crippen molar-refractivity contribution >= 4 is 11.9 Å². The summed E-state index contributed by atoms with van der Waals surface area (Å²) < 4.78 is 59.2. The maximum absolute atomic E-state index is 13.7. The number of hydrogen-bond acceptors (Lipinski definition) is 6. The quantitative estimate of drug-likeness (QED) is 0.300. The summed E-state index contributed by atoms with van der Waals surface area (Å²) in [6.45, 7) is 0.108. The number of nitrogens with zero attached hydrogens (tertiary/aromatic N) is 1. The minimum absolute atomic E-state index is 0.0338. The van der Waals surface area contributed by atoms with Gasteiger partial charge in [-0.3, -0.25) is 4.79 Å². The van der Waals surface area contributed by atoms with Crippen molar-refractivity contribution in [3.8, 4) is 17.2 Å². The van der Waals surface area contributed by atoms with E-state index in [1.807, 2.05) is 42.5 Å². The van der Waals surface area contributed by atoms with Crippen molar-refractivity contribution in [3.63, 3.8) is 0 Å². The first-order valence-corrected chi connectivity index (χ1v) is 13.4. The van der Waals surface area contributed by atoms with Crippen molar-refractivity contribution in [2.24, 2.45) is 0 Å². The third-order valence-electron chi connectivity index (χ3n) is 7.30. The summed E-state index contributed by atoms with van der Waals surface area (Å²) in [7, 11) is 1.56. The topological polar surface area (TPSA) is 74.3 Å². The molecule has 1 aliphatic carbocycles. The molecule has 41 heavy (non-hydrogen) atoms. The summed E-state index contributed by atoms with van der Waals surface area (Å²) >= 11 is 0. The lowest BCUT2D eigenvalue weighted by Gasteiger charge is -2.36. The highest BCUT2D eigenvalue weighted by Gasteiger charge is 2.37. The number of benzene rings is 3. The van der Waals surface area contributed by atoms with Crippen molar-refractivity contribution in [2.45, 2.75) is 63.8 Å². The van der Waals surface area contributed by atoms with Gasteiger partial charge in [0, 0.05) is 18.5 Å². The van der Waals surface area contributed by atoms with E-state index in [4.69, 9.17) is 14.2 Å². The second-order valence-electron chi connectivity index (χ2n) is 10.1. The molecule has 216 valence electrons. The summed E-state index contributed by atoms with van der Waals surface area (Å²) in [6.07, 6.45) is -0.498. The molecule has 3 aromatic carbocycles. The average Bonchev–Trinajstić information content (AvgIpc) is 3.48. The molecule has 10 heteroatoms. The zero-order valence-electron chi connectivity index (χ0n) is 22.5. The Kier molecular flexibility index (Phi) is 8.37. The lowest BCUT2D eigenvalue weighted by molar-refractivity contribution is -0.274. The zero-order valence-corrected chi connectivity index (χ0v) is 22.5. The van der Waals surface area contributed by atoms with Crippen molar-refractivity contribution in [3.05, 3.63) is 89.0 Å². The van der Waals surface area contributed by atoms with Gasteiger partial charge in [0.15, 0.2) is 11.5 Å². The van der Waals surface area contributed by atoms with Crippen LogP contribution in [-0.2, 0) is 29.1 Å². The first-order chi connectivity index (χ1) is 19.7. The number of halogens is 3. The van der Waals surface area contributed by atoms with E-state index in [0.717, 1.165) is 54.5 Å². The highest BCUT2D eigenvalue weighted by molar-refractivity contribution is 5.97. The van der Waals surface area contributed by atoms with Crippen LogP contribution in [0.4, 0.5) is 13.2 Å². The van der Waals surface area contributed by atoms with E-state index >= 15 is 0 Å². The number of esters is 1. The lowest BCUT2D eigenvalue weighted by Crippen LogP contribution is -2.49. The first-order valence-electron chi connectivity index (χ1n) is 13.4. The van der Waals surface area contributed by atoms with Crippen molar-refractivity contribution < 1.29 is 41.7 Å². The molecule has 1 saturated carbocycles. The van der Waals surface area contributed by atoms with Gasteiger partial charge in [0.05, 0.1) is 13.2 Å². The van der Waals surface area contributed by atoms with Crippen LogP contribution in [0, 0.1) is 0 Å². The molecule has 1 atom stereocenters. The standard InChI is InChI=1S/C31H30F3NO6/c1-38-27-16-22-15-26(30(37)39-19-20-7-3-2-4-8-20)35(18-23(22)17-28(27)40-24-9-5-6-10-24)29(36)21-11-13-25(14-12-21)41-31(32,33)34/h2-4,7-8,11-14,16-17,24,26H,5-6,9-10,15,18-19H2,1H3. The molecule has 0 N–H and O–H groups in total. The molecule has 1 amide bonds. The molecule has 0 bridgehead atoms. The smallest absolute Gasteiger partial charge is 0.493 e. The van der Waals surface area contributed by atoms with Gasteiger partial charge in [0.2, 0.25) is 0 Å². The Balaban J connectivity index is 1.42. The van der Waals surface area contributed by atoms with E-state index in [1.54, 1.807) is 7.11 Å². The van der Waals surface area contributed by atoms with Gasteiger partial charge in [-0.05, 0) is 78.8 Å². The van der Waals surface area contributed by atoms with Gasteiger partial charge in [0.1, 0.15) is 18.4 Å². The molecule has 1 aliphatic heterocycles. The number of carbonyl (C=O) groups is 2. The van der Waals surface area contributed by atoms with Gasteiger partial charge in [0.25, 0.3) is 5.91 Å². The van der Waals surface area contributed by atoms with Crippen LogP contribution in [-0.4, -0.2) is 42.4 Å². The van der Waals surface area contributed by atoms with E-state index in [2.05, 4.69) is 4.74 Å². The first kappa shape index (κ1) is 28.3. The van der Waals surface area contributed by atoms with Gasteiger partial charge < -0.3 is 23.8 Å². The van der Waals surface area contributed by atoms with E-state index in [-0.39, 0.29) is 31.2 Å². The molecule has 0 saturated heterocycles. The number of hydrogen-bond donors (Lipinski definition) is 0. The van der Waals surface area contributed by atoms with Gasteiger partial charge in [-0.1, -0.05) is 30.3 Å². The van der Waals surface area contributed by atoms with Gasteiger partial charge >= 0.3 is 12.3 Å². The number of alkyl halides is 3. The van der Waals surface area contributed by atoms with Gasteiger partial charge in [-0.15, -0.1) is 13.2 Å². The van der Waals surface area contributed by atoms with Crippen LogP contribution in [0.2, 0.25) is 0 Å². The Bertz CT molecular complexity index is 1370. The number of amides is 1. The highest BCUT2D eigenvalue weighted by Crippen LogP contribution is 2.38. The molecule has 1 unspecified atom stereocenters. The minimum atomic E-state index is -4.85. The number of fused-ring (bicyclic) bond motifs is 1. The maximum atomic E-state index is 13.7. The largest absolute Gasteiger partial charge is 0.573 e. The third kappa shape index (κ3) is 6.93. The number of rotatable bonds is 8. The molecule has 0 radical (unpaired) electrons. The summed E-state index contributed by atoms with van der Waals surface area (Å²) in [5, 5.41) is 0. The van der Waals surface area contributed by atoms with E-state index in [1.165, 1.54) is 17.0 Å². The van der Waals surface area contributed by atoms with Crippen LogP contribution >= 0.6 is 0 Å². The maximum Gasteiger partial charge on any atom is 0.573 e. The Morgan fingerprint density at radius 1 is 0.927 bits per heavy atom. The predicted octanol–water partition coefficient (Wildman–Crippen LogP) is 6.23. The monoisotopic (exact) mass is 569 g/mol. The third-order valence-corrected chi connectivity index (χ3v) is 7.30.